The summed E-state index contributed by atoms with van der Waals surface area (Å²) < 4.78 is 1.92. The first-order chi connectivity index (χ1) is 15.8. The number of nitrogens with one attached hydrogen (secondary N) is 2. The van der Waals surface area contributed by atoms with Gasteiger partial charge in [0.15, 0.2) is 0 Å². The maximum Gasteiger partial charge on any atom is 0.274 e. The quantitative estimate of drug-likeness (QED) is 0.626. The van der Waals surface area contributed by atoms with Crippen LogP contribution in [-0.4, -0.2) is 32.2 Å². The van der Waals surface area contributed by atoms with E-state index >= 15 is 0 Å². The first-order valence-electron chi connectivity index (χ1n) is 11.2. The molecule has 1 saturated carbocycles. The van der Waals surface area contributed by atoms with Crippen molar-refractivity contribution in [1.82, 2.24) is 19.7 Å². The molecular formula is C25H27N7O. The van der Waals surface area contributed by atoms with Crippen LogP contribution in [0.15, 0.2) is 42.7 Å². The van der Waals surface area contributed by atoms with Crippen molar-refractivity contribution in [2.45, 2.75) is 43.9 Å². The van der Waals surface area contributed by atoms with Crippen LogP contribution < -0.4 is 10.6 Å². The molecular weight excluding hydrogens is 414 g/mol. The molecule has 1 aliphatic carbocycles. The number of fused-ring (bicyclic) bond motifs is 1. The van der Waals surface area contributed by atoms with Crippen molar-refractivity contribution in [2.24, 2.45) is 13.0 Å². The van der Waals surface area contributed by atoms with Crippen LogP contribution in [0.3, 0.4) is 0 Å². The molecule has 1 aliphatic heterocycles. The summed E-state index contributed by atoms with van der Waals surface area (Å²) in [6.07, 6.45) is 3.93. The number of benzene rings is 1. The van der Waals surface area contributed by atoms with Gasteiger partial charge in [-0.25, -0.2) is 4.98 Å². The van der Waals surface area contributed by atoms with Crippen molar-refractivity contribution >= 4 is 17.3 Å². The zero-order valence-electron chi connectivity index (χ0n) is 19.1. The van der Waals surface area contributed by atoms with E-state index in [1.807, 2.05) is 35.9 Å². The van der Waals surface area contributed by atoms with E-state index in [0.717, 1.165) is 47.8 Å². The molecule has 1 aromatic carbocycles. The number of carbonyl (C=O) groups is 1. The maximum absolute atomic E-state index is 13.0. The number of rotatable bonds is 5. The lowest BCUT2D eigenvalue weighted by molar-refractivity contribution is 0.102. The van der Waals surface area contributed by atoms with Crippen molar-refractivity contribution in [2.75, 3.05) is 17.2 Å². The van der Waals surface area contributed by atoms with Gasteiger partial charge in [-0.15, -0.1) is 10.2 Å². The third-order valence-corrected chi connectivity index (χ3v) is 6.98. The van der Waals surface area contributed by atoms with E-state index in [1.54, 1.807) is 12.4 Å². The molecule has 2 aromatic heterocycles. The summed E-state index contributed by atoms with van der Waals surface area (Å²) in [4.78, 5) is 17.7. The van der Waals surface area contributed by atoms with Gasteiger partial charge in [0.2, 0.25) is 0 Å². The van der Waals surface area contributed by atoms with E-state index in [4.69, 9.17) is 0 Å². The average Bonchev–Trinajstić information content (AvgIpc) is 3.32. The standard InChI is InChI=1S/C25H27N7O/c1-24(2)14-27-19-7-8-20(30-22(19)24)23(33)29-18-6-4-5-17(9-18)25(10-16(11-25)13-26)12-21-31-28-15-32(21)3/h4-9,15-16,27H,10-12,14H2,1-3H3,(H,29,33)/t16-,25-. The Kier molecular flexibility index (Phi) is 4.93. The Morgan fingerprint density at radius 3 is 2.85 bits per heavy atom. The fourth-order valence-corrected chi connectivity index (χ4v) is 4.99. The second-order valence-electron chi connectivity index (χ2n) is 9.91. The molecule has 168 valence electrons. The average molecular weight is 442 g/mol. The Bertz CT molecular complexity index is 1260. The topological polar surface area (TPSA) is 109 Å². The summed E-state index contributed by atoms with van der Waals surface area (Å²) in [7, 11) is 1.93. The highest BCUT2D eigenvalue weighted by Crippen LogP contribution is 2.50. The lowest BCUT2D eigenvalue weighted by Gasteiger charge is -2.45. The van der Waals surface area contributed by atoms with Crippen molar-refractivity contribution < 1.29 is 4.79 Å². The Morgan fingerprint density at radius 1 is 1.30 bits per heavy atom. The van der Waals surface area contributed by atoms with E-state index in [9.17, 15) is 10.1 Å². The number of nitrogens with zero attached hydrogens (tertiary/aromatic N) is 5. The number of aryl methyl sites for hydroxylation is 1. The minimum atomic E-state index is -0.233. The number of nitriles is 1. The van der Waals surface area contributed by atoms with Gasteiger partial charge in [-0.1, -0.05) is 26.0 Å². The molecule has 0 unspecified atom stereocenters. The predicted molar refractivity (Wildman–Crippen MR) is 125 cm³/mol. The first kappa shape index (κ1) is 21.1. The Balaban J connectivity index is 1.39. The third kappa shape index (κ3) is 3.74. The summed E-state index contributed by atoms with van der Waals surface area (Å²) in [5.41, 5.74) is 3.82. The van der Waals surface area contributed by atoms with Crippen LogP contribution in [0.2, 0.25) is 0 Å². The second kappa shape index (κ2) is 7.69. The van der Waals surface area contributed by atoms with E-state index in [1.165, 1.54) is 0 Å². The lowest BCUT2D eigenvalue weighted by atomic mass is 9.57. The number of aromatic nitrogens is 4. The van der Waals surface area contributed by atoms with Gasteiger partial charge < -0.3 is 15.2 Å². The van der Waals surface area contributed by atoms with Gasteiger partial charge in [-0.05, 0) is 42.7 Å². The zero-order valence-corrected chi connectivity index (χ0v) is 19.1. The number of carbonyl (C=O) groups excluding carboxylic acids is 1. The number of pyridine rings is 1. The molecule has 8 nitrogen and oxygen atoms in total. The fraction of sp³-hybridized carbons (Fsp3) is 0.400. The molecule has 0 bridgehead atoms. The first-order valence-corrected chi connectivity index (χ1v) is 11.2. The fourth-order valence-electron chi connectivity index (χ4n) is 4.99. The summed E-state index contributed by atoms with van der Waals surface area (Å²) in [6, 6.07) is 14.0. The zero-order chi connectivity index (χ0) is 23.2. The Labute approximate surface area is 193 Å². The SMILES string of the molecule is Cn1cnnc1C[C@]1(c2cccc(NC(=O)c3ccc4c(n3)C(C)(C)CN4)c2)C[C@H](C#N)C1. The van der Waals surface area contributed by atoms with Crippen LogP contribution in [0.25, 0.3) is 0 Å². The van der Waals surface area contributed by atoms with Crippen LogP contribution in [-0.2, 0) is 24.3 Å². The molecule has 0 atom stereocenters. The van der Waals surface area contributed by atoms with Crippen LogP contribution >= 0.6 is 0 Å². The molecule has 5 rings (SSSR count). The lowest BCUT2D eigenvalue weighted by Crippen LogP contribution is -2.43. The largest absolute Gasteiger partial charge is 0.383 e. The molecule has 1 amide bonds. The van der Waals surface area contributed by atoms with Gasteiger partial charge in [0.1, 0.15) is 17.8 Å². The minimum absolute atomic E-state index is 0.0315. The summed E-state index contributed by atoms with van der Waals surface area (Å²) in [6.45, 7) is 5.04. The van der Waals surface area contributed by atoms with Crippen molar-refractivity contribution in [3.05, 3.63) is 65.5 Å². The molecule has 0 radical (unpaired) electrons. The monoisotopic (exact) mass is 441 g/mol. The number of anilines is 2. The molecule has 1 fully saturated rings. The Hall–Kier alpha value is -3.73. The van der Waals surface area contributed by atoms with E-state index < -0.39 is 0 Å². The molecule has 3 heterocycles. The maximum atomic E-state index is 13.0. The van der Waals surface area contributed by atoms with Crippen molar-refractivity contribution in [1.29, 1.82) is 5.26 Å². The Morgan fingerprint density at radius 2 is 2.12 bits per heavy atom. The number of hydrogen-bond donors (Lipinski definition) is 2. The molecule has 0 spiro atoms. The third-order valence-electron chi connectivity index (χ3n) is 6.98. The molecule has 3 aromatic rings. The van der Waals surface area contributed by atoms with E-state index in [-0.39, 0.29) is 22.7 Å². The second-order valence-corrected chi connectivity index (χ2v) is 9.91. The molecule has 8 heteroatoms. The summed E-state index contributed by atoms with van der Waals surface area (Å²) in [5.74, 6) is 0.687. The van der Waals surface area contributed by atoms with Crippen molar-refractivity contribution in [3.8, 4) is 6.07 Å². The molecule has 2 N–H and O–H groups in total. The van der Waals surface area contributed by atoms with E-state index in [0.29, 0.717) is 12.1 Å². The summed E-state index contributed by atoms with van der Waals surface area (Å²) in [5, 5.41) is 24.0. The number of hydrogen-bond acceptors (Lipinski definition) is 6. The highest BCUT2D eigenvalue weighted by molar-refractivity contribution is 6.03. The van der Waals surface area contributed by atoms with Crippen LogP contribution in [0.1, 0.15) is 54.3 Å². The van der Waals surface area contributed by atoms with E-state index in [2.05, 4.69) is 51.8 Å². The normalized spacial score (nSPS) is 22.5. The minimum Gasteiger partial charge on any atom is -0.383 e. The van der Waals surface area contributed by atoms with Gasteiger partial charge >= 0.3 is 0 Å². The smallest absolute Gasteiger partial charge is 0.274 e. The highest BCUT2D eigenvalue weighted by atomic mass is 16.1. The molecule has 33 heavy (non-hydrogen) atoms. The van der Waals surface area contributed by atoms with Gasteiger partial charge in [0.05, 0.1) is 17.5 Å². The predicted octanol–water partition coefficient (Wildman–Crippen LogP) is 3.58. The van der Waals surface area contributed by atoms with Crippen LogP contribution in [0, 0.1) is 17.2 Å². The van der Waals surface area contributed by atoms with Crippen LogP contribution in [0.5, 0.6) is 0 Å². The molecule has 0 saturated heterocycles. The van der Waals surface area contributed by atoms with Crippen LogP contribution in [0.4, 0.5) is 11.4 Å². The summed E-state index contributed by atoms with van der Waals surface area (Å²) >= 11 is 0. The van der Waals surface area contributed by atoms with Gasteiger partial charge in [0, 0.05) is 42.4 Å². The van der Waals surface area contributed by atoms with Crippen molar-refractivity contribution in [3.63, 3.8) is 0 Å². The highest BCUT2D eigenvalue weighted by Gasteiger charge is 2.46. The number of amides is 1. The van der Waals surface area contributed by atoms with Gasteiger partial charge in [0.25, 0.3) is 5.91 Å². The van der Waals surface area contributed by atoms with Gasteiger partial charge in [-0.3, -0.25) is 4.79 Å². The molecule has 2 aliphatic rings. The van der Waals surface area contributed by atoms with Gasteiger partial charge in [-0.2, -0.15) is 5.26 Å².